The van der Waals surface area contributed by atoms with Crippen LogP contribution in [0.5, 0.6) is 0 Å². The van der Waals surface area contributed by atoms with Crippen molar-refractivity contribution in [2.75, 3.05) is 12.3 Å². The summed E-state index contributed by atoms with van der Waals surface area (Å²) in [6, 6.07) is 31.5. The number of tetrazole rings is 1. The number of benzene rings is 4. The van der Waals surface area contributed by atoms with Crippen LogP contribution < -0.4 is 5.32 Å². The van der Waals surface area contributed by atoms with E-state index in [4.69, 9.17) is 9.47 Å². The van der Waals surface area contributed by atoms with Crippen molar-refractivity contribution < 1.29 is 37.3 Å². The molecule has 4 unspecified atom stereocenters. The van der Waals surface area contributed by atoms with Gasteiger partial charge in [-0.3, -0.25) is 9.59 Å². The second-order valence-corrected chi connectivity index (χ2v) is 14.1. The van der Waals surface area contributed by atoms with Crippen molar-refractivity contribution >= 4 is 23.6 Å². The van der Waals surface area contributed by atoms with Crippen LogP contribution in [-0.2, 0) is 32.2 Å². The predicted molar refractivity (Wildman–Crippen MR) is 193 cm³/mol. The fourth-order valence-electron chi connectivity index (χ4n) is 6.64. The number of nitrogens with one attached hydrogen (secondary N) is 1. The molecular formula is C39H37F3N6O5S. The van der Waals surface area contributed by atoms with Crippen molar-refractivity contribution in [3.05, 3.63) is 125 Å². The van der Waals surface area contributed by atoms with Gasteiger partial charge in [-0.25, -0.2) is 0 Å². The molecule has 2 N–H and O–H groups in total. The lowest BCUT2D eigenvalue weighted by atomic mass is 9.99. The molecule has 11 nitrogen and oxygen atoms in total. The molecule has 2 aliphatic rings. The molecule has 0 saturated carbocycles. The number of ether oxygens (including phenoxy) is 2. The van der Waals surface area contributed by atoms with Crippen LogP contribution in [0.2, 0.25) is 0 Å². The summed E-state index contributed by atoms with van der Waals surface area (Å²) in [5.41, 5.74) is 5.98. The maximum absolute atomic E-state index is 13.0. The summed E-state index contributed by atoms with van der Waals surface area (Å²) in [5.74, 6) is -2.03. The summed E-state index contributed by atoms with van der Waals surface area (Å²) in [5, 5.41) is 25.2. The zero-order valence-corrected chi connectivity index (χ0v) is 29.7. The van der Waals surface area contributed by atoms with Crippen LogP contribution in [0.1, 0.15) is 53.9 Å². The predicted octanol–water partition coefficient (Wildman–Crippen LogP) is 6.33. The van der Waals surface area contributed by atoms with E-state index in [2.05, 4.69) is 20.8 Å². The van der Waals surface area contributed by atoms with E-state index in [0.717, 1.165) is 39.1 Å². The fraction of sp³-hybridized carbons (Fsp3) is 0.308. The van der Waals surface area contributed by atoms with E-state index in [1.807, 2.05) is 103 Å². The topological polar surface area (TPSA) is 132 Å². The Bertz CT molecular complexity index is 2050. The molecule has 4 atom stereocenters. The van der Waals surface area contributed by atoms with Gasteiger partial charge in [0.2, 0.25) is 11.1 Å². The van der Waals surface area contributed by atoms with Gasteiger partial charge in [-0.05, 0) is 69.3 Å². The van der Waals surface area contributed by atoms with Crippen molar-refractivity contribution in [1.29, 1.82) is 0 Å². The molecule has 5 aromatic rings. The standard InChI is InChI=1S/C39H37F3N6O5S/c40-39(41,42)37(51)47-19-5-10-33(47)35(50)43-22-26-6-4-7-30(20-26)27-15-17-29(18-16-27)36-52-32(21-34(53-36)28-13-11-25(23-49)12-14-28)24-54-38-44-45-46-48(38)31-8-2-1-3-9-31/h1-4,6-9,11-18,20,32-34,36,49H,5,10,19,21-24H2,(H,43,50). The third kappa shape index (κ3) is 8.65. The van der Waals surface area contributed by atoms with Crippen LogP contribution in [-0.4, -0.2) is 72.6 Å². The first-order valence-corrected chi connectivity index (χ1v) is 18.5. The Morgan fingerprint density at radius 3 is 2.39 bits per heavy atom. The highest BCUT2D eigenvalue weighted by Gasteiger charge is 2.47. The number of aliphatic hydroxyl groups excluding tert-OH is 1. The van der Waals surface area contributed by atoms with Gasteiger partial charge in [-0.2, -0.15) is 17.9 Å². The molecule has 280 valence electrons. The minimum absolute atomic E-state index is 0.0520. The number of carbonyl (C=O) groups excluding carboxylic acids is 2. The number of halogens is 3. The number of rotatable bonds is 11. The van der Waals surface area contributed by atoms with Crippen LogP contribution in [0.4, 0.5) is 13.2 Å². The molecule has 3 heterocycles. The second-order valence-electron chi connectivity index (χ2n) is 13.1. The molecule has 2 amide bonds. The van der Waals surface area contributed by atoms with Crippen molar-refractivity contribution in [3.63, 3.8) is 0 Å². The average molecular weight is 759 g/mol. The van der Waals surface area contributed by atoms with Crippen molar-refractivity contribution in [2.45, 2.75) is 68.3 Å². The Hall–Kier alpha value is -5.09. The minimum Gasteiger partial charge on any atom is -0.392 e. The summed E-state index contributed by atoms with van der Waals surface area (Å²) >= 11 is 1.50. The molecule has 54 heavy (non-hydrogen) atoms. The third-order valence-corrected chi connectivity index (χ3v) is 10.5. The van der Waals surface area contributed by atoms with Crippen molar-refractivity contribution in [3.8, 4) is 16.8 Å². The maximum Gasteiger partial charge on any atom is 0.471 e. The number of carbonyl (C=O) groups is 2. The largest absolute Gasteiger partial charge is 0.471 e. The molecule has 2 aliphatic heterocycles. The molecule has 0 radical (unpaired) electrons. The van der Waals surface area contributed by atoms with E-state index >= 15 is 0 Å². The van der Waals surface area contributed by atoms with E-state index in [0.29, 0.717) is 28.7 Å². The first-order valence-electron chi connectivity index (χ1n) is 17.5. The van der Waals surface area contributed by atoms with Crippen LogP contribution in [0.15, 0.2) is 108 Å². The molecule has 2 saturated heterocycles. The minimum atomic E-state index is -5.03. The number of nitrogens with zero attached hydrogens (tertiary/aromatic N) is 5. The van der Waals surface area contributed by atoms with Crippen LogP contribution in [0.25, 0.3) is 16.8 Å². The SMILES string of the molecule is O=C(NCc1cccc(-c2ccc(C3OC(CSc4nnnn4-c4ccccc4)CC(c4ccc(CO)cc4)O3)cc2)c1)C1CCCN1C(=O)C(F)(F)F. The van der Waals surface area contributed by atoms with Gasteiger partial charge in [0.15, 0.2) is 6.29 Å². The van der Waals surface area contributed by atoms with E-state index in [1.54, 1.807) is 4.68 Å². The number of hydrogen-bond donors (Lipinski definition) is 2. The van der Waals surface area contributed by atoms with Gasteiger partial charge in [-0.1, -0.05) is 96.7 Å². The average Bonchev–Trinajstić information content (AvgIpc) is 3.90. The van der Waals surface area contributed by atoms with Crippen molar-refractivity contribution in [1.82, 2.24) is 30.4 Å². The second kappa shape index (κ2) is 16.5. The van der Waals surface area contributed by atoms with Gasteiger partial charge in [0.05, 0.1) is 24.5 Å². The summed E-state index contributed by atoms with van der Waals surface area (Å²) in [4.78, 5) is 25.3. The fourth-order valence-corrected chi connectivity index (χ4v) is 7.54. The quantitative estimate of drug-likeness (QED) is 0.149. The highest BCUT2D eigenvalue weighted by Crippen LogP contribution is 2.40. The van der Waals surface area contributed by atoms with Crippen LogP contribution in [0, 0.1) is 0 Å². The first-order chi connectivity index (χ1) is 26.2. The molecule has 0 bridgehead atoms. The molecule has 15 heteroatoms. The van der Waals surface area contributed by atoms with E-state index < -0.39 is 30.3 Å². The highest BCUT2D eigenvalue weighted by atomic mass is 32.2. The lowest BCUT2D eigenvalue weighted by molar-refractivity contribution is -0.245. The van der Waals surface area contributed by atoms with Gasteiger partial charge in [-0.15, -0.1) is 5.10 Å². The lowest BCUT2D eigenvalue weighted by Crippen LogP contribution is -2.50. The zero-order valence-electron chi connectivity index (χ0n) is 28.9. The molecular weight excluding hydrogens is 722 g/mol. The molecule has 4 aromatic carbocycles. The Balaban J connectivity index is 1.03. The number of para-hydroxylation sites is 1. The third-order valence-electron chi connectivity index (χ3n) is 9.42. The summed E-state index contributed by atoms with van der Waals surface area (Å²) in [7, 11) is 0. The van der Waals surface area contributed by atoms with E-state index in [1.165, 1.54) is 11.8 Å². The number of alkyl halides is 3. The van der Waals surface area contributed by atoms with Gasteiger partial charge in [0.25, 0.3) is 0 Å². The zero-order chi connectivity index (χ0) is 37.7. The van der Waals surface area contributed by atoms with E-state index in [-0.39, 0.29) is 38.3 Å². The Morgan fingerprint density at radius 2 is 1.65 bits per heavy atom. The van der Waals surface area contributed by atoms with Gasteiger partial charge < -0.3 is 24.8 Å². The molecule has 0 aliphatic carbocycles. The lowest BCUT2D eigenvalue weighted by Gasteiger charge is -2.36. The number of aromatic nitrogens is 4. The summed E-state index contributed by atoms with van der Waals surface area (Å²) in [6.07, 6.45) is -5.09. The Kier molecular flexibility index (Phi) is 11.4. The number of amides is 2. The number of likely N-dealkylation sites (tertiary alicyclic amines) is 1. The monoisotopic (exact) mass is 758 g/mol. The highest BCUT2D eigenvalue weighted by molar-refractivity contribution is 7.99. The van der Waals surface area contributed by atoms with Gasteiger partial charge in [0, 0.05) is 30.8 Å². The molecule has 0 spiro atoms. The Morgan fingerprint density at radius 1 is 0.889 bits per heavy atom. The van der Waals surface area contributed by atoms with E-state index in [9.17, 15) is 27.9 Å². The summed E-state index contributed by atoms with van der Waals surface area (Å²) < 4.78 is 53.9. The molecule has 7 rings (SSSR count). The molecule has 1 aromatic heterocycles. The number of hydrogen-bond acceptors (Lipinski definition) is 9. The normalized spacial score (nSPS) is 20.2. The number of aliphatic hydroxyl groups is 1. The first kappa shape index (κ1) is 37.2. The Labute approximate surface area is 313 Å². The number of thioether (sulfide) groups is 1. The van der Waals surface area contributed by atoms with Crippen LogP contribution >= 0.6 is 11.8 Å². The smallest absolute Gasteiger partial charge is 0.392 e. The van der Waals surface area contributed by atoms with Crippen molar-refractivity contribution in [2.24, 2.45) is 0 Å². The maximum atomic E-state index is 13.0. The van der Waals surface area contributed by atoms with Crippen LogP contribution in [0.3, 0.4) is 0 Å². The van der Waals surface area contributed by atoms with Gasteiger partial charge in [0.1, 0.15) is 6.04 Å². The molecule has 2 fully saturated rings. The van der Waals surface area contributed by atoms with Gasteiger partial charge >= 0.3 is 12.1 Å². The summed E-state index contributed by atoms with van der Waals surface area (Å²) in [6.45, 7) is -0.0619.